The van der Waals surface area contributed by atoms with Gasteiger partial charge >= 0.3 is 0 Å². The third-order valence-electron chi connectivity index (χ3n) is 2.54. The first-order valence-corrected chi connectivity index (χ1v) is 5.84. The number of hydrogen-bond donors (Lipinski definition) is 2. The molecule has 1 aromatic carbocycles. The van der Waals surface area contributed by atoms with Crippen LogP contribution in [0.4, 0.5) is 0 Å². The van der Waals surface area contributed by atoms with Crippen LogP contribution in [0.15, 0.2) is 24.3 Å². The predicted molar refractivity (Wildman–Crippen MR) is 67.3 cm³/mol. The van der Waals surface area contributed by atoms with Crippen LogP contribution in [0.5, 0.6) is 5.75 Å². The first kappa shape index (κ1) is 14.0. The molecule has 1 atom stereocenters. The van der Waals surface area contributed by atoms with Crippen LogP contribution < -0.4 is 10.1 Å². The number of aliphatic hydroxyl groups excluding tert-OH is 1. The molecule has 0 aliphatic rings. The summed E-state index contributed by atoms with van der Waals surface area (Å²) in [6.07, 6.45) is 0. The van der Waals surface area contributed by atoms with Gasteiger partial charge in [-0.2, -0.15) is 0 Å². The van der Waals surface area contributed by atoms with E-state index in [0.717, 1.165) is 17.9 Å². The third kappa shape index (κ3) is 4.73. The molecule has 96 valence electrons. The Hall–Kier alpha value is -1.10. The highest BCUT2D eigenvalue weighted by molar-refractivity contribution is 5.35. The normalized spacial score (nSPS) is 12.4. The minimum atomic E-state index is 0.0715. The van der Waals surface area contributed by atoms with E-state index in [2.05, 4.69) is 12.2 Å². The van der Waals surface area contributed by atoms with E-state index >= 15 is 0 Å². The van der Waals surface area contributed by atoms with E-state index in [4.69, 9.17) is 14.6 Å². The average molecular weight is 239 g/mol. The molecule has 2 N–H and O–H groups in total. The fraction of sp³-hybridized carbons (Fsp3) is 0.538. The number of benzene rings is 1. The Morgan fingerprint density at radius 3 is 2.76 bits per heavy atom. The molecule has 0 amide bonds. The predicted octanol–water partition coefficient (Wildman–Crippen LogP) is 1.35. The molecule has 0 aliphatic heterocycles. The zero-order valence-electron chi connectivity index (χ0n) is 10.5. The van der Waals surface area contributed by atoms with Crippen molar-refractivity contribution in [2.75, 3.05) is 33.5 Å². The summed E-state index contributed by atoms with van der Waals surface area (Å²) in [7, 11) is 1.68. The van der Waals surface area contributed by atoms with Crippen molar-refractivity contribution in [3.8, 4) is 5.75 Å². The summed E-state index contributed by atoms with van der Waals surface area (Å²) in [5.41, 5.74) is 1.14. The van der Waals surface area contributed by atoms with E-state index in [-0.39, 0.29) is 12.6 Å². The van der Waals surface area contributed by atoms with Gasteiger partial charge in [0.15, 0.2) is 0 Å². The van der Waals surface area contributed by atoms with Crippen molar-refractivity contribution in [1.29, 1.82) is 0 Å². The Morgan fingerprint density at radius 2 is 2.06 bits per heavy atom. The maximum Gasteiger partial charge on any atom is 0.123 e. The van der Waals surface area contributed by atoms with Crippen LogP contribution in [-0.4, -0.2) is 38.6 Å². The Balaban J connectivity index is 2.38. The highest BCUT2D eigenvalue weighted by Gasteiger charge is 2.09. The van der Waals surface area contributed by atoms with E-state index < -0.39 is 0 Å². The lowest BCUT2D eigenvalue weighted by Gasteiger charge is -2.17. The van der Waals surface area contributed by atoms with Crippen molar-refractivity contribution >= 4 is 0 Å². The minimum absolute atomic E-state index is 0.0715. The van der Waals surface area contributed by atoms with Crippen molar-refractivity contribution in [1.82, 2.24) is 5.32 Å². The lowest BCUT2D eigenvalue weighted by atomic mass is 10.1. The van der Waals surface area contributed by atoms with Gasteiger partial charge in [-0.1, -0.05) is 18.2 Å². The van der Waals surface area contributed by atoms with Gasteiger partial charge in [0.05, 0.1) is 26.9 Å². The molecular formula is C13H21NO3. The van der Waals surface area contributed by atoms with Crippen LogP contribution in [0, 0.1) is 0 Å². The van der Waals surface area contributed by atoms with Crippen molar-refractivity contribution in [2.45, 2.75) is 13.0 Å². The van der Waals surface area contributed by atoms with E-state index in [0.29, 0.717) is 13.2 Å². The number of nitrogens with one attached hydrogen (secondary N) is 1. The van der Waals surface area contributed by atoms with Gasteiger partial charge in [0.25, 0.3) is 0 Å². The van der Waals surface area contributed by atoms with Gasteiger partial charge < -0.3 is 19.9 Å². The number of para-hydroxylation sites is 1. The Kier molecular flexibility index (Phi) is 6.62. The summed E-state index contributed by atoms with van der Waals surface area (Å²) >= 11 is 0. The van der Waals surface area contributed by atoms with Crippen LogP contribution in [0.2, 0.25) is 0 Å². The summed E-state index contributed by atoms with van der Waals surface area (Å²) in [6, 6.07) is 8.17. The molecule has 4 nitrogen and oxygen atoms in total. The zero-order chi connectivity index (χ0) is 12.5. The van der Waals surface area contributed by atoms with Crippen LogP contribution >= 0.6 is 0 Å². The highest BCUT2D eigenvalue weighted by Crippen LogP contribution is 2.23. The van der Waals surface area contributed by atoms with Crippen LogP contribution in [0.1, 0.15) is 18.5 Å². The van der Waals surface area contributed by atoms with Gasteiger partial charge in [-0.15, -0.1) is 0 Å². The first-order valence-electron chi connectivity index (χ1n) is 5.84. The summed E-state index contributed by atoms with van der Waals surface area (Å²) in [5, 5.41) is 11.9. The molecular weight excluding hydrogens is 218 g/mol. The maximum absolute atomic E-state index is 8.56. The van der Waals surface area contributed by atoms with Crippen molar-refractivity contribution in [3.05, 3.63) is 29.8 Å². The second kappa shape index (κ2) is 8.06. The van der Waals surface area contributed by atoms with Gasteiger partial charge in [0.1, 0.15) is 5.75 Å². The van der Waals surface area contributed by atoms with Gasteiger partial charge in [-0.05, 0) is 13.0 Å². The van der Waals surface area contributed by atoms with E-state index in [9.17, 15) is 0 Å². The molecule has 0 heterocycles. The third-order valence-corrected chi connectivity index (χ3v) is 2.54. The summed E-state index contributed by atoms with van der Waals surface area (Å²) < 4.78 is 10.5. The number of hydrogen-bond acceptors (Lipinski definition) is 4. The first-order chi connectivity index (χ1) is 8.29. The van der Waals surface area contributed by atoms with Crippen LogP contribution in [-0.2, 0) is 4.74 Å². The molecule has 0 aliphatic carbocycles. The highest BCUT2D eigenvalue weighted by atomic mass is 16.5. The average Bonchev–Trinajstić information content (AvgIpc) is 2.38. The number of aliphatic hydroxyl groups is 1. The molecule has 17 heavy (non-hydrogen) atoms. The lowest BCUT2D eigenvalue weighted by molar-refractivity contribution is 0.0928. The number of rotatable bonds is 8. The topological polar surface area (TPSA) is 50.7 Å². The second-order valence-electron chi connectivity index (χ2n) is 3.75. The standard InChI is InChI=1S/C13H21NO3/c1-11(14-7-9-17-10-8-15)12-5-3-4-6-13(12)16-2/h3-6,11,14-15H,7-10H2,1-2H3/t11-/m1/s1. The van der Waals surface area contributed by atoms with Crippen LogP contribution in [0.25, 0.3) is 0 Å². The van der Waals surface area contributed by atoms with Crippen LogP contribution in [0.3, 0.4) is 0 Å². The van der Waals surface area contributed by atoms with Gasteiger partial charge in [-0.25, -0.2) is 0 Å². The van der Waals surface area contributed by atoms with Crippen molar-refractivity contribution < 1.29 is 14.6 Å². The Morgan fingerprint density at radius 1 is 1.29 bits per heavy atom. The van der Waals surface area contributed by atoms with Gasteiger partial charge in [0.2, 0.25) is 0 Å². The summed E-state index contributed by atoms with van der Waals surface area (Å²) in [5.74, 6) is 0.892. The monoisotopic (exact) mass is 239 g/mol. The van der Waals surface area contributed by atoms with E-state index in [1.807, 2.05) is 24.3 Å². The largest absolute Gasteiger partial charge is 0.496 e. The zero-order valence-corrected chi connectivity index (χ0v) is 10.5. The summed E-state index contributed by atoms with van der Waals surface area (Å²) in [6.45, 7) is 3.90. The molecule has 0 saturated carbocycles. The lowest BCUT2D eigenvalue weighted by Crippen LogP contribution is -2.24. The minimum Gasteiger partial charge on any atom is -0.496 e. The maximum atomic E-state index is 8.56. The van der Waals surface area contributed by atoms with Crippen molar-refractivity contribution in [2.24, 2.45) is 0 Å². The van der Waals surface area contributed by atoms with Crippen molar-refractivity contribution in [3.63, 3.8) is 0 Å². The molecule has 0 fully saturated rings. The molecule has 0 unspecified atom stereocenters. The molecule has 0 bridgehead atoms. The SMILES string of the molecule is COc1ccccc1[C@@H](C)NCCOCCO. The fourth-order valence-corrected chi connectivity index (χ4v) is 1.65. The number of methoxy groups -OCH3 is 1. The quantitative estimate of drug-likeness (QED) is 0.672. The van der Waals surface area contributed by atoms with Gasteiger partial charge in [0, 0.05) is 18.2 Å². The Labute approximate surface area is 103 Å². The smallest absolute Gasteiger partial charge is 0.123 e. The van der Waals surface area contributed by atoms with E-state index in [1.54, 1.807) is 7.11 Å². The second-order valence-corrected chi connectivity index (χ2v) is 3.75. The molecule has 0 radical (unpaired) electrons. The molecule has 1 rings (SSSR count). The fourth-order valence-electron chi connectivity index (χ4n) is 1.65. The Bertz CT molecular complexity index is 317. The molecule has 1 aromatic rings. The number of ether oxygens (including phenoxy) is 2. The molecule has 0 saturated heterocycles. The van der Waals surface area contributed by atoms with E-state index in [1.165, 1.54) is 0 Å². The van der Waals surface area contributed by atoms with Gasteiger partial charge in [-0.3, -0.25) is 0 Å². The molecule has 4 heteroatoms. The summed E-state index contributed by atoms with van der Waals surface area (Å²) in [4.78, 5) is 0. The molecule has 0 spiro atoms. The molecule has 0 aromatic heterocycles.